The lowest BCUT2D eigenvalue weighted by Gasteiger charge is -2.15. The highest BCUT2D eigenvalue weighted by atomic mass is 79.9. The third-order valence-electron chi connectivity index (χ3n) is 2.68. The molecular weight excluding hydrogens is 362 g/mol. The first-order chi connectivity index (χ1) is 9.51. The number of sulfonamides is 1. The summed E-state index contributed by atoms with van der Waals surface area (Å²) < 4.78 is 27.9. The van der Waals surface area contributed by atoms with Crippen LogP contribution in [0.25, 0.3) is 0 Å². The first kappa shape index (κ1) is 15.7. The molecule has 0 spiro atoms. The summed E-state index contributed by atoms with van der Waals surface area (Å²) in [4.78, 5) is 0. The van der Waals surface area contributed by atoms with E-state index in [2.05, 4.69) is 20.7 Å². The molecule has 2 aromatic rings. The summed E-state index contributed by atoms with van der Waals surface area (Å²) in [6.07, 6.45) is 0.448. The molecule has 0 radical (unpaired) electrons. The molecule has 1 atom stereocenters. The van der Waals surface area contributed by atoms with E-state index in [1.165, 1.54) is 6.07 Å². The number of benzene rings is 1. The van der Waals surface area contributed by atoms with Crippen LogP contribution in [-0.2, 0) is 16.4 Å². The molecule has 7 heteroatoms. The highest BCUT2D eigenvalue weighted by Crippen LogP contribution is 2.26. The van der Waals surface area contributed by atoms with Gasteiger partial charge in [0.25, 0.3) is 0 Å². The minimum absolute atomic E-state index is 0.232. The molecule has 0 fully saturated rings. The van der Waals surface area contributed by atoms with E-state index >= 15 is 0 Å². The van der Waals surface area contributed by atoms with Crippen molar-refractivity contribution in [1.29, 1.82) is 0 Å². The van der Waals surface area contributed by atoms with Crippen molar-refractivity contribution in [3.05, 3.63) is 51.8 Å². The minimum atomic E-state index is -3.59. The van der Waals surface area contributed by atoms with Crippen molar-refractivity contribution in [2.24, 2.45) is 0 Å². The fourth-order valence-corrected chi connectivity index (χ4v) is 5.02. The van der Waals surface area contributed by atoms with Crippen LogP contribution in [-0.4, -0.2) is 26.2 Å². The average Bonchev–Trinajstić information content (AvgIpc) is 2.86. The molecule has 0 aliphatic heterocycles. The van der Waals surface area contributed by atoms with Gasteiger partial charge in [-0.1, -0.05) is 30.3 Å². The third kappa shape index (κ3) is 4.13. The molecule has 1 aromatic heterocycles. The van der Waals surface area contributed by atoms with Crippen LogP contribution < -0.4 is 4.72 Å². The predicted octanol–water partition coefficient (Wildman–Crippen LogP) is 2.39. The van der Waals surface area contributed by atoms with Crippen LogP contribution in [0, 0.1) is 0 Å². The van der Waals surface area contributed by atoms with Crippen molar-refractivity contribution in [3.8, 4) is 0 Å². The summed E-state index contributed by atoms with van der Waals surface area (Å²) in [5, 5.41) is 9.37. The first-order valence-electron chi connectivity index (χ1n) is 5.94. The highest BCUT2D eigenvalue weighted by molar-refractivity contribution is 9.11. The maximum atomic E-state index is 12.2. The van der Waals surface area contributed by atoms with Crippen molar-refractivity contribution in [1.82, 2.24) is 4.72 Å². The summed E-state index contributed by atoms with van der Waals surface area (Å²) in [5.74, 6) is 0. The molecule has 2 rings (SSSR count). The van der Waals surface area contributed by atoms with E-state index in [0.29, 0.717) is 6.42 Å². The first-order valence-corrected chi connectivity index (χ1v) is 9.03. The largest absolute Gasteiger partial charge is 0.395 e. The second kappa shape index (κ2) is 6.82. The quantitative estimate of drug-likeness (QED) is 0.814. The number of halogens is 1. The van der Waals surface area contributed by atoms with Gasteiger partial charge in [0.05, 0.1) is 10.4 Å². The van der Waals surface area contributed by atoms with Crippen molar-refractivity contribution >= 4 is 37.3 Å². The lowest BCUT2D eigenvalue weighted by Crippen LogP contribution is -2.38. The molecule has 1 heterocycles. The molecule has 0 saturated heterocycles. The smallest absolute Gasteiger partial charge is 0.250 e. The molecule has 0 aliphatic carbocycles. The third-order valence-corrected chi connectivity index (χ3v) is 6.32. The second-order valence-corrected chi connectivity index (χ2v) is 8.65. The molecule has 2 N–H and O–H groups in total. The van der Waals surface area contributed by atoms with Crippen LogP contribution in [0.2, 0.25) is 0 Å². The second-order valence-electron chi connectivity index (χ2n) is 4.25. The average molecular weight is 376 g/mol. The van der Waals surface area contributed by atoms with E-state index in [4.69, 9.17) is 0 Å². The molecule has 0 amide bonds. The fraction of sp³-hybridized carbons (Fsp3) is 0.231. The number of hydrogen-bond acceptors (Lipinski definition) is 4. The lowest BCUT2D eigenvalue weighted by molar-refractivity contribution is 0.256. The van der Waals surface area contributed by atoms with E-state index in [0.717, 1.165) is 20.7 Å². The molecular formula is C13H14BrNO3S2. The van der Waals surface area contributed by atoms with Gasteiger partial charge in [-0.3, -0.25) is 0 Å². The molecule has 20 heavy (non-hydrogen) atoms. The Balaban J connectivity index is 2.10. The minimum Gasteiger partial charge on any atom is -0.395 e. The monoisotopic (exact) mass is 375 g/mol. The zero-order valence-electron chi connectivity index (χ0n) is 10.5. The van der Waals surface area contributed by atoms with Crippen LogP contribution in [0.15, 0.2) is 50.5 Å². The summed E-state index contributed by atoms with van der Waals surface area (Å²) in [5.41, 5.74) is 0.974. The van der Waals surface area contributed by atoms with Gasteiger partial charge in [0.2, 0.25) is 10.0 Å². The zero-order valence-corrected chi connectivity index (χ0v) is 13.7. The molecule has 1 unspecified atom stereocenters. The maximum Gasteiger partial charge on any atom is 0.250 e. The Morgan fingerprint density at radius 2 is 1.90 bits per heavy atom. The van der Waals surface area contributed by atoms with Gasteiger partial charge in [-0.25, -0.2) is 13.1 Å². The number of aliphatic hydroxyl groups is 1. The Hall–Kier alpha value is -0.730. The zero-order chi connectivity index (χ0) is 14.6. The standard InChI is InChI=1S/C13H14BrNO3S2/c14-12-6-7-13(19-12)20(17,18)15-11(9-16)8-10-4-2-1-3-5-10/h1-7,11,15-16H,8-9H2. The van der Waals surface area contributed by atoms with Crippen molar-refractivity contribution < 1.29 is 13.5 Å². The number of nitrogens with one attached hydrogen (secondary N) is 1. The van der Waals surface area contributed by atoms with Gasteiger partial charge in [-0.15, -0.1) is 11.3 Å². The van der Waals surface area contributed by atoms with Gasteiger partial charge in [0.1, 0.15) is 4.21 Å². The van der Waals surface area contributed by atoms with Gasteiger partial charge in [-0.2, -0.15) is 0 Å². The lowest BCUT2D eigenvalue weighted by atomic mass is 10.1. The Morgan fingerprint density at radius 3 is 2.45 bits per heavy atom. The SMILES string of the molecule is O=S(=O)(NC(CO)Cc1ccccc1)c1ccc(Br)s1. The predicted molar refractivity (Wildman–Crippen MR) is 83.4 cm³/mol. The molecule has 1 aromatic carbocycles. The number of thiophene rings is 1. The highest BCUT2D eigenvalue weighted by Gasteiger charge is 2.21. The van der Waals surface area contributed by atoms with E-state index < -0.39 is 16.1 Å². The van der Waals surface area contributed by atoms with Crippen molar-refractivity contribution in [3.63, 3.8) is 0 Å². The Kier molecular flexibility index (Phi) is 5.34. The van der Waals surface area contributed by atoms with Gasteiger partial charge < -0.3 is 5.11 Å². The summed E-state index contributed by atoms with van der Waals surface area (Å²) in [6.45, 7) is -0.249. The Bertz CT molecular complexity index is 655. The van der Waals surface area contributed by atoms with E-state index in [-0.39, 0.29) is 10.8 Å². The number of aliphatic hydroxyl groups excluding tert-OH is 1. The van der Waals surface area contributed by atoms with Crippen molar-refractivity contribution in [2.45, 2.75) is 16.7 Å². The molecule has 108 valence electrons. The van der Waals surface area contributed by atoms with Crippen LogP contribution in [0.5, 0.6) is 0 Å². The maximum absolute atomic E-state index is 12.2. The summed E-state index contributed by atoms with van der Waals surface area (Å²) in [6, 6.07) is 12.1. The van der Waals surface area contributed by atoms with Gasteiger partial charge >= 0.3 is 0 Å². The van der Waals surface area contributed by atoms with Crippen LogP contribution >= 0.6 is 27.3 Å². The Labute approximate surface area is 130 Å². The van der Waals surface area contributed by atoms with Crippen molar-refractivity contribution in [2.75, 3.05) is 6.61 Å². The molecule has 0 saturated carbocycles. The van der Waals surface area contributed by atoms with Gasteiger partial charge in [0.15, 0.2) is 0 Å². The fourth-order valence-electron chi connectivity index (χ4n) is 1.76. The van der Waals surface area contributed by atoms with Crippen LogP contribution in [0.3, 0.4) is 0 Å². The van der Waals surface area contributed by atoms with E-state index in [1.54, 1.807) is 6.07 Å². The normalized spacial score (nSPS) is 13.3. The summed E-state index contributed by atoms with van der Waals surface area (Å²) in [7, 11) is -3.59. The van der Waals surface area contributed by atoms with Gasteiger partial charge in [-0.05, 0) is 40.0 Å². The van der Waals surface area contributed by atoms with Crippen LogP contribution in [0.4, 0.5) is 0 Å². The molecule has 0 aliphatic rings. The van der Waals surface area contributed by atoms with E-state index in [9.17, 15) is 13.5 Å². The van der Waals surface area contributed by atoms with E-state index in [1.807, 2.05) is 30.3 Å². The number of rotatable bonds is 6. The molecule has 0 bridgehead atoms. The topological polar surface area (TPSA) is 66.4 Å². The summed E-state index contributed by atoms with van der Waals surface area (Å²) >= 11 is 4.38. The van der Waals surface area contributed by atoms with Crippen LogP contribution in [0.1, 0.15) is 5.56 Å². The molecule has 4 nitrogen and oxygen atoms in total. The Morgan fingerprint density at radius 1 is 1.20 bits per heavy atom. The number of hydrogen-bond donors (Lipinski definition) is 2. The van der Waals surface area contributed by atoms with Gasteiger partial charge in [0, 0.05) is 6.04 Å².